The van der Waals surface area contributed by atoms with Crippen LogP contribution in [0.15, 0.2) is 79.5 Å². The molecule has 15 nitrogen and oxygen atoms in total. The van der Waals surface area contributed by atoms with Gasteiger partial charge in [0.15, 0.2) is 11.5 Å². The number of nitrogens with one attached hydrogen (secondary N) is 2. The third kappa shape index (κ3) is 12.2. The number of amides is 2. The first kappa shape index (κ1) is 40.1. The van der Waals surface area contributed by atoms with Crippen LogP contribution in [0.3, 0.4) is 0 Å². The van der Waals surface area contributed by atoms with E-state index in [1.165, 1.54) is 33.8 Å². The van der Waals surface area contributed by atoms with E-state index in [2.05, 4.69) is 37.1 Å². The highest BCUT2D eigenvalue weighted by Gasteiger charge is 2.35. The van der Waals surface area contributed by atoms with Crippen molar-refractivity contribution in [2.75, 3.05) is 33.9 Å². The molecule has 55 heavy (non-hydrogen) atoms. The van der Waals surface area contributed by atoms with Gasteiger partial charge in [-0.3, -0.25) is 4.79 Å². The molecule has 292 valence electrons. The summed E-state index contributed by atoms with van der Waals surface area (Å²) in [6.07, 6.45) is 6.62. The van der Waals surface area contributed by atoms with E-state index in [9.17, 15) is 23.5 Å². The van der Waals surface area contributed by atoms with E-state index in [4.69, 9.17) is 18.9 Å². The summed E-state index contributed by atoms with van der Waals surface area (Å²) in [7, 11) is 3.24. The molecule has 1 unspecified atom stereocenters. The fraction of sp³-hybridized carbons (Fsp3) is 0.368. The molecular weight excluding hydrogens is 718 g/mol. The first-order valence-corrected chi connectivity index (χ1v) is 17.6. The second kappa shape index (κ2) is 19.8. The summed E-state index contributed by atoms with van der Waals surface area (Å²) in [5, 5.41) is 28.7. The van der Waals surface area contributed by atoms with Crippen LogP contribution in [0.25, 0.3) is 0 Å². The van der Waals surface area contributed by atoms with Crippen molar-refractivity contribution in [3.63, 3.8) is 0 Å². The van der Waals surface area contributed by atoms with E-state index in [0.717, 1.165) is 42.7 Å². The summed E-state index contributed by atoms with van der Waals surface area (Å²) in [5.74, 6) is 0.243. The first-order chi connectivity index (χ1) is 26.6. The van der Waals surface area contributed by atoms with Crippen LogP contribution >= 0.6 is 0 Å². The highest BCUT2D eigenvalue weighted by molar-refractivity contribution is 5.75. The molecule has 3 aromatic carbocycles. The largest absolute Gasteiger partial charge is 0.493 e. The number of aliphatic hydroxyl groups is 1. The lowest BCUT2D eigenvalue weighted by Crippen LogP contribution is -2.37. The highest BCUT2D eigenvalue weighted by Crippen LogP contribution is 2.29. The number of ether oxygens (including phenoxy) is 4. The minimum atomic E-state index is -1.91. The van der Waals surface area contributed by atoms with Crippen molar-refractivity contribution in [2.45, 2.75) is 57.4 Å². The predicted molar refractivity (Wildman–Crippen MR) is 194 cm³/mol. The Hall–Kier alpha value is -6.10. The van der Waals surface area contributed by atoms with Gasteiger partial charge < -0.3 is 34.7 Å². The van der Waals surface area contributed by atoms with Gasteiger partial charge >= 0.3 is 6.09 Å². The van der Waals surface area contributed by atoms with Crippen LogP contribution < -0.4 is 24.8 Å². The molecule has 0 aliphatic rings. The van der Waals surface area contributed by atoms with Gasteiger partial charge in [0.1, 0.15) is 54.5 Å². The van der Waals surface area contributed by atoms with Gasteiger partial charge in [-0.25, -0.2) is 27.9 Å². The van der Waals surface area contributed by atoms with E-state index in [1.807, 2.05) is 36.4 Å². The molecule has 2 heterocycles. The zero-order valence-corrected chi connectivity index (χ0v) is 30.6. The molecule has 2 aromatic heterocycles. The van der Waals surface area contributed by atoms with Crippen molar-refractivity contribution < 1.29 is 42.4 Å². The summed E-state index contributed by atoms with van der Waals surface area (Å²) < 4.78 is 52.6. The smallest absolute Gasteiger partial charge is 0.407 e. The standard InChI is InChI=1S/C38H44F2N8O7/c1-52-34-14-11-28(19-35(34)53-2)7-3-6-27-8-4-9-31(18-27)54-17-16-42-36(49)10-5-15-43-37(50)55-22-30-21-47(46-45-30)23-38(51,24-48-26-41-25-44-48)32-13-12-29(39)20-33(32)40/h4,8-9,11-14,18-21,25-26,51H,3,5-7,10,15-17,22-24H2,1-2H3,(H,42,49)(H,43,50). The number of hydrogen-bond donors (Lipinski definition) is 3. The van der Waals surface area contributed by atoms with Crippen molar-refractivity contribution in [3.05, 3.63) is 114 Å². The molecule has 0 bridgehead atoms. The minimum absolute atomic E-state index is 0.171. The predicted octanol–water partition coefficient (Wildman–Crippen LogP) is 4.13. The molecule has 0 fully saturated rings. The number of methoxy groups -OCH3 is 2. The Labute approximate surface area is 316 Å². The van der Waals surface area contributed by atoms with Crippen LogP contribution in [-0.2, 0) is 47.7 Å². The molecule has 17 heteroatoms. The highest BCUT2D eigenvalue weighted by atomic mass is 19.1. The van der Waals surface area contributed by atoms with Crippen LogP contribution in [0.4, 0.5) is 13.6 Å². The maximum atomic E-state index is 14.7. The number of benzene rings is 3. The number of rotatable bonds is 21. The lowest BCUT2D eigenvalue weighted by molar-refractivity contribution is -0.121. The fourth-order valence-corrected chi connectivity index (χ4v) is 5.82. The van der Waals surface area contributed by atoms with Gasteiger partial charge in [-0.15, -0.1) is 5.10 Å². The first-order valence-electron chi connectivity index (χ1n) is 17.6. The number of alkyl carbamates (subject to hydrolysis) is 1. The summed E-state index contributed by atoms with van der Waals surface area (Å²) >= 11 is 0. The SMILES string of the molecule is COc1ccc(CCCc2cccc(OCCNC(=O)CCCNC(=O)OCc3cn(CC(O)(Cn4cncn4)c4ccc(F)cc4F)nn3)c2)cc1OC. The van der Waals surface area contributed by atoms with Crippen LogP contribution in [-0.4, -0.2) is 80.8 Å². The number of carbonyl (C=O) groups excluding carboxylic acids is 2. The molecule has 1 atom stereocenters. The third-order valence-electron chi connectivity index (χ3n) is 8.50. The molecule has 0 aliphatic carbocycles. The number of carbonyl (C=O) groups is 2. The van der Waals surface area contributed by atoms with Gasteiger partial charge in [0.05, 0.1) is 40.1 Å². The van der Waals surface area contributed by atoms with Crippen LogP contribution in [0.1, 0.15) is 41.6 Å². The molecule has 2 amide bonds. The molecule has 0 spiro atoms. The Morgan fingerprint density at radius 2 is 1.69 bits per heavy atom. The molecule has 0 saturated heterocycles. The number of aryl methyl sites for hydroxylation is 2. The van der Waals surface area contributed by atoms with Crippen molar-refractivity contribution in [3.8, 4) is 17.2 Å². The molecule has 0 radical (unpaired) electrons. The molecular formula is C38H44F2N8O7. The van der Waals surface area contributed by atoms with Crippen LogP contribution in [0.2, 0.25) is 0 Å². The molecule has 5 aromatic rings. The zero-order valence-electron chi connectivity index (χ0n) is 30.6. The summed E-state index contributed by atoms with van der Waals surface area (Å²) in [4.78, 5) is 28.3. The Balaban J connectivity index is 0.950. The zero-order chi connectivity index (χ0) is 39.0. The van der Waals surface area contributed by atoms with E-state index in [0.29, 0.717) is 37.1 Å². The van der Waals surface area contributed by atoms with Crippen molar-refractivity contribution in [1.29, 1.82) is 0 Å². The second-order valence-corrected chi connectivity index (χ2v) is 12.7. The monoisotopic (exact) mass is 762 g/mol. The normalized spacial score (nSPS) is 12.1. The number of aromatic nitrogens is 6. The van der Waals surface area contributed by atoms with Crippen molar-refractivity contribution >= 4 is 12.0 Å². The minimum Gasteiger partial charge on any atom is -0.493 e. The Bertz CT molecular complexity index is 2000. The third-order valence-corrected chi connectivity index (χ3v) is 8.50. The number of nitrogens with zero attached hydrogens (tertiary/aromatic N) is 6. The summed E-state index contributed by atoms with van der Waals surface area (Å²) in [6.45, 7) is 0.109. The maximum Gasteiger partial charge on any atom is 0.407 e. The maximum absolute atomic E-state index is 14.7. The van der Waals surface area contributed by atoms with Crippen molar-refractivity contribution in [2.24, 2.45) is 0 Å². The van der Waals surface area contributed by atoms with Crippen LogP contribution in [0, 0.1) is 11.6 Å². The van der Waals surface area contributed by atoms with Gasteiger partial charge in [0.25, 0.3) is 0 Å². The Morgan fingerprint density at radius 1 is 0.891 bits per heavy atom. The van der Waals surface area contributed by atoms with Gasteiger partial charge in [0.2, 0.25) is 5.91 Å². The van der Waals surface area contributed by atoms with Crippen LogP contribution in [0.5, 0.6) is 17.2 Å². The average molecular weight is 763 g/mol. The lowest BCUT2D eigenvalue weighted by Gasteiger charge is -2.28. The number of halogens is 2. The van der Waals surface area contributed by atoms with Gasteiger partial charge in [-0.2, -0.15) is 5.10 Å². The van der Waals surface area contributed by atoms with Gasteiger partial charge in [0, 0.05) is 24.6 Å². The summed E-state index contributed by atoms with van der Waals surface area (Å²) in [6, 6.07) is 16.7. The molecule has 0 saturated carbocycles. The topological polar surface area (TPSA) is 177 Å². The van der Waals surface area contributed by atoms with Crippen molar-refractivity contribution in [1.82, 2.24) is 40.4 Å². The molecule has 3 N–H and O–H groups in total. The van der Waals surface area contributed by atoms with Gasteiger partial charge in [-0.1, -0.05) is 29.5 Å². The van der Waals surface area contributed by atoms with E-state index in [-0.39, 0.29) is 49.8 Å². The Morgan fingerprint density at radius 3 is 2.45 bits per heavy atom. The Kier molecular flexibility index (Phi) is 14.5. The summed E-state index contributed by atoms with van der Waals surface area (Å²) in [5.41, 5.74) is 0.512. The van der Waals surface area contributed by atoms with E-state index in [1.54, 1.807) is 14.2 Å². The second-order valence-electron chi connectivity index (χ2n) is 12.7. The fourth-order valence-electron chi connectivity index (χ4n) is 5.82. The lowest BCUT2D eigenvalue weighted by atomic mass is 9.93. The quantitative estimate of drug-likeness (QED) is 0.0917. The molecule has 0 aliphatic heterocycles. The molecule has 5 rings (SSSR count). The number of hydrogen-bond acceptors (Lipinski definition) is 11. The van der Waals surface area contributed by atoms with Gasteiger partial charge in [-0.05, 0) is 67.1 Å². The van der Waals surface area contributed by atoms with E-state index >= 15 is 0 Å². The average Bonchev–Trinajstić information content (AvgIpc) is 3.86. The van der Waals surface area contributed by atoms with E-state index < -0.39 is 23.3 Å².